The molecule has 2 rings (SSSR count). The topological polar surface area (TPSA) is 78.9 Å². The highest BCUT2D eigenvalue weighted by Gasteiger charge is 2.11. The van der Waals surface area contributed by atoms with Crippen molar-refractivity contribution in [3.63, 3.8) is 0 Å². The third kappa shape index (κ3) is 2.40. The lowest BCUT2D eigenvalue weighted by molar-refractivity contribution is 0.443. The summed E-state index contributed by atoms with van der Waals surface area (Å²) in [7, 11) is 0. The molecule has 5 nitrogen and oxygen atoms in total. The zero-order valence-electron chi connectivity index (χ0n) is 10.4. The molecule has 18 heavy (non-hydrogen) atoms. The Hall–Kier alpha value is -2.17. The molecule has 0 saturated carbocycles. The van der Waals surface area contributed by atoms with E-state index in [-0.39, 0.29) is 11.4 Å². The van der Waals surface area contributed by atoms with Crippen molar-refractivity contribution in [3.05, 3.63) is 39.8 Å². The first-order valence-electron chi connectivity index (χ1n) is 5.87. The second-order valence-corrected chi connectivity index (χ2v) is 4.19. The van der Waals surface area contributed by atoms with Crippen LogP contribution in [0, 0.1) is 6.92 Å². The van der Waals surface area contributed by atoms with Crippen LogP contribution in [0.3, 0.4) is 0 Å². The summed E-state index contributed by atoms with van der Waals surface area (Å²) in [5.41, 5.74) is 1.58. The number of pyridine rings is 1. The molecule has 0 atom stereocenters. The highest BCUT2D eigenvalue weighted by molar-refractivity contribution is 5.51. The van der Waals surface area contributed by atoms with Gasteiger partial charge in [-0.15, -0.1) is 0 Å². The van der Waals surface area contributed by atoms with Crippen molar-refractivity contribution in [2.24, 2.45) is 0 Å². The summed E-state index contributed by atoms with van der Waals surface area (Å²) in [6, 6.07) is 3.66. The number of aromatic amines is 1. The van der Waals surface area contributed by atoms with Gasteiger partial charge < -0.3 is 10.1 Å². The first kappa shape index (κ1) is 12.3. The summed E-state index contributed by atoms with van der Waals surface area (Å²) in [5, 5.41) is 9.78. The van der Waals surface area contributed by atoms with E-state index in [1.807, 2.05) is 19.9 Å². The molecule has 2 heterocycles. The van der Waals surface area contributed by atoms with Gasteiger partial charge in [0.05, 0.1) is 5.56 Å². The van der Waals surface area contributed by atoms with Crippen molar-refractivity contribution < 1.29 is 5.11 Å². The van der Waals surface area contributed by atoms with E-state index in [2.05, 4.69) is 15.0 Å². The van der Waals surface area contributed by atoms with Crippen molar-refractivity contribution in [2.75, 3.05) is 0 Å². The maximum Gasteiger partial charge on any atom is 0.258 e. The van der Waals surface area contributed by atoms with Gasteiger partial charge in [0.1, 0.15) is 5.69 Å². The molecule has 2 N–H and O–H groups in total. The van der Waals surface area contributed by atoms with Gasteiger partial charge in [-0.3, -0.25) is 9.78 Å². The fourth-order valence-electron chi connectivity index (χ4n) is 1.75. The fourth-order valence-corrected chi connectivity index (χ4v) is 1.75. The molecule has 0 aliphatic heterocycles. The number of H-pyrrole nitrogens is 1. The molecule has 0 spiro atoms. The van der Waals surface area contributed by atoms with E-state index in [9.17, 15) is 9.90 Å². The Labute approximate surface area is 105 Å². The minimum absolute atomic E-state index is 0.209. The van der Waals surface area contributed by atoms with Crippen LogP contribution in [-0.4, -0.2) is 20.1 Å². The normalized spacial score (nSPS) is 10.6. The van der Waals surface area contributed by atoms with Crippen LogP contribution in [0.1, 0.15) is 24.5 Å². The molecule has 0 aliphatic rings. The Bertz CT molecular complexity index is 620. The summed E-state index contributed by atoms with van der Waals surface area (Å²) in [5.74, 6) is 0.0833. The largest absolute Gasteiger partial charge is 0.493 e. The van der Waals surface area contributed by atoms with Gasteiger partial charge in [0.25, 0.3) is 5.56 Å². The molecule has 0 aliphatic carbocycles. The van der Waals surface area contributed by atoms with Crippen molar-refractivity contribution in [3.8, 4) is 17.4 Å². The van der Waals surface area contributed by atoms with Gasteiger partial charge in [0.15, 0.2) is 5.82 Å². The molecule has 2 aromatic rings. The summed E-state index contributed by atoms with van der Waals surface area (Å²) >= 11 is 0. The summed E-state index contributed by atoms with van der Waals surface area (Å²) in [6.45, 7) is 3.86. The monoisotopic (exact) mass is 245 g/mol. The van der Waals surface area contributed by atoms with Crippen molar-refractivity contribution in [2.45, 2.75) is 26.7 Å². The molecular formula is C13H15N3O2. The third-order valence-corrected chi connectivity index (χ3v) is 2.65. The average molecular weight is 245 g/mol. The Kier molecular flexibility index (Phi) is 3.41. The van der Waals surface area contributed by atoms with E-state index in [1.165, 1.54) is 0 Å². The summed E-state index contributed by atoms with van der Waals surface area (Å²) < 4.78 is 0. The minimum Gasteiger partial charge on any atom is -0.493 e. The molecule has 0 fully saturated rings. The van der Waals surface area contributed by atoms with Gasteiger partial charge in [-0.2, -0.15) is 4.98 Å². The quantitative estimate of drug-likeness (QED) is 0.864. The highest BCUT2D eigenvalue weighted by Crippen LogP contribution is 2.17. The summed E-state index contributed by atoms with van der Waals surface area (Å²) in [4.78, 5) is 22.6. The van der Waals surface area contributed by atoms with Gasteiger partial charge in [-0.25, -0.2) is 0 Å². The molecule has 0 bridgehead atoms. The Morgan fingerprint density at radius 2 is 2.22 bits per heavy atom. The maximum atomic E-state index is 11.8. The molecular weight excluding hydrogens is 230 g/mol. The van der Waals surface area contributed by atoms with Gasteiger partial charge in [-0.05, 0) is 31.0 Å². The smallest absolute Gasteiger partial charge is 0.258 e. The number of rotatable bonds is 3. The van der Waals surface area contributed by atoms with Crippen LogP contribution in [0.4, 0.5) is 0 Å². The number of aryl methyl sites for hydroxylation is 1. The second kappa shape index (κ2) is 5.00. The first-order chi connectivity index (χ1) is 8.61. The molecule has 0 unspecified atom stereocenters. The number of aromatic nitrogens is 3. The van der Waals surface area contributed by atoms with E-state index in [0.29, 0.717) is 23.5 Å². The number of aromatic hydroxyl groups is 1. The second-order valence-electron chi connectivity index (χ2n) is 4.19. The van der Waals surface area contributed by atoms with E-state index < -0.39 is 0 Å². The molecule has 5 heteroatoms. The van der Waals surface area contributed by atoms with Crippen LogP contribution >= 0.6 is 0 Å². The first-order valence-corrected chi connectivity index (χ1v) is 5.87. The zero-order chi connectivity index (χ0) is 13.1. The van der Waals surface area contributed by atoms with Crippen LogP contribution in [0.15, 0.2) is 23.1 Å². The molecule has 0 aromatic carbocycles. The zero-order valence-corrected chi connectivity index (χ0v) is 10.4. The van der Waals surface area contributed by atoms with E-state index in [4.69, 9.17) is 0 Å². The lowest BCUT2D eigenvalue weighted by atomic mass is 10.2. The predicted octanol–water partition coefficient (Wildman–Crippen LogP) is 1.80. The van der Waals surface area contributed by atoms with Crippen molar-refractivity contribution in [1.29, 1.82) is 0 Å². The van der Waals surface area contributed by atoms with Crippen LogP contribution in [0.25, 0.3) is 11.5 Å². The minimum atomic E-state index is -0.303. The van der Waals surface area contributed by atoms with E-state index in [1.54, 1.807) is 12.3 Å². The number of hydrogen-bond acceptors (Lipinski definition) is 4. The lowest BCUT2D eigenvalue weighted by Gasteiger charge is -2.05. The van der Waals surface area contributed by atoms with Crippen LogP contribution in [0.5, 0.6) is 5.88 Å². The van der Waals surface area contributed by atoms with E-state index in [0.717, 1.165) is 12.0 Å². The third-order valence-electron chi connectivity index (χ3n) is 2.65. The molecule has 94 valence electrons. The average Bonchev–Trinajstić information content (AvgIpc) is 2.33. The van der Waals surface area contributed by atoms with Crippen LogP contribution in [0.2, 0.25) is 0 Å². The van der Waals surface area contributed by atoms with Crippen LogP contribution < -0.4 is 5.56 Å². The predicted molar refractivity (Wildman–Crippen MR) is 68.5 cm³/mol. The highest BCUT2D eigenvalue weighted by atomic mass is 16.3. The van der Waals surface area contributed by atoms with Crippen molar-refractivity contribution in [1.82, 2.24) is 15.0 Å². The fraction of sp³-hybridized carbons (Fsp3) is 0.308. The van der Waals surface area contributed by atoms with Gasteiger partial charge in [0.2, 0.25) is 5.88 Å². The SMILES string of the molecule is CCCc1c(O)nc(-c2cc(C)ccn2)[nH]c1=O. The van der Waals surface area contributed by atoms with E-state index >= 15 is 0 Å². The number of nitrogens with one attached hydrogen (secondary N) is 1. The molecule has 0 amide bonds. The van der Waals surface area contributed by atoms with Crippen LogP contribution in [-0.2, 0) is 6.42 Å². The lowest BCUT2D eigenvalue weighted by Crippen LogP contribution is -2.15. The number of hydrogen-bond donors (Lipinski definition) is 2. The van der Waals surface area contributed by atoms with Gasteiger partial charge in [0, 0.05) is 6.20 Å². The van der Waals surface area contributed by atoms with Gasteiger partial charge >= 0.3 is 0 Å². The Morgan fingerprint density at radius 1 is 1.44 bits per heavy atom. The molecule has 2 aromatic heterocycles. The van der Waals surface area contributed by atoms with Gasteiger partial charge in [-0.1, -0.05) is 13.3 Å². The van der Waals surface area contributed by atoms with Crippen molar-refractivity contribution >= 4 is 0 Å². The maximum absolute atomic E-state index is 11.8. The standard InChI is InChI=1S/C13H15N3O2/c1-3-4-9-12(17)15-11(16-13(9)18)10-7-8(2)5-6-14-10/h5-7H,3-4H2,1-2H3,(H2,15,16,17,18). The Morgan fingerprint density at radius 3 is 2.83 bits per heavy atom. The molecule has 0 radical (unpaired) electrons. The number of nitrogens with zero attached hydrogens (tertiary/aromatic N) is 2. The Balaban J connectivity index is 2.51. The summed E-state index contributed by atoms with van der Waals surface area (Å²) in [6.07, 6.45) is 2.93. The molecule has 0 saturated heterocycles.